The molecule has 2 aromatic rings. The topological polar surface area (TPSA) is 139 Å². The fraction of sp³-hybridized carbons (Fsp3) is 0.364. The van der Waals surface area contributed by atoms with E-state index in [1.54, 1.807) is 0 Å². The molecule has 0 unspecified atom stereocenters. The summed E-state index contributed by atoms with van der Waals surface area (Å²) < 4.78 is 10.9. The molecular formula is C22H20N2O8. The zero-order valence-electron chi connectivity index (χ0n) is 16.9. The Labute approximate surface area is 182 Å². The lowest BCUT2D eigenvalue weighted by Gasteiger charge is -2.45. The van der Waals surface area contributed by atoms with Gasteiger partial charge in [-0.3, -0.25) is 29.8 Å². The van der Waals surface area contributed by atoms with Crippen LogP contribution in [0.3, 0.4) is 0 Å². The van der Waals surface area contributed by atoms with Crippen molar-refractivity contribution in [1.82, 2.24) is 0 Å². The second-order valence-electron chi connectivity index (χ2n) is 8.07. The number of hydrogen-bond donors (Lipinski definition) is 0. The summed E-state index contributed by atoms with van der Waals surface area (Å²) in [5.74, 6) is -2.15. The summed E-state index contributed by atoms with van der Waals surface area (Å²) in [6, 6.07) is 10.4. The van der Waals surface area contributed by atoms with Crippen molar-refractivity contribution >= 4 is 23.3 Å². The zero-order chi connectivity index (χ0) is 22.8. The van der Waals surface area contributed by atoms with Crippen LogP contribution in [0.15, 0.2) is 48.5 Å². The minimum Gasteiger partial charge on any atom is -0.426 e. The van der Waals surface area contributed by atoms with Gasteiger partial charge in [0, 0.05) is 24.3 Å². The Morgan fingerprint density at radius 1 is 0.656 bits per heavy atom. The second-order valence-corrected chi connectivity index (χ2v) is 8.07. The number of esters is 2. The van der Waals surface area contributed by atoms with Gasteiger partial charge in [-0.2, -0.15) is 0 Å². The predicted molar refractivity (Wildman–Crippen MR) is 110 cm³/mol. The Hall–Kier alpha value is -3.82. The SMILES string of the molecule is O=C(Oc1ccc([N+](=O)[O-])cc1)[C@H]1C2CCC(CC2)[C@@H]1C(=O)Oc1ccc([N+](=O)[O-])cc1. The van der Waals surface area contributed by atoms with Crippen molar-refractivity contribution < 1.29 is 28.9 Å². The molecule has 2 aromatic carbocycles. The summed E-state index contributed by atoms with van der Waals surface area (Å²) in [7, 11) is 0. The molecule has 2 atom stereocenters. The molecule has 0 aliphatic heterocycles. The van der Waals surface area contributed by atoms with E-state index in [0.717, 1.165) is 25.7 Å². The van der Waals surface area contributed by atoms with Gasteiger partial charge in [-0.25, -0.2) is 0 Å². The van der Waals surface area contributed by atoms with Crippen LogP contribution in [-0.2, 0) is 9.59 Å². The molecule has 3 aliphatic rings. The van der Waals surface area contributed by atoms with Crippen LogP contribution in [0.1, 0.15) is 25.7 Å². The van der Waals surface area contributed by atoms with Crippen molar-refractivity contribution in [2.45, 2.75) is 25.7 Å². The largest absolute Gasteiger partial charge is 0.426 e. The number of carbonyl (C=O) groups is 2. The molecular weight excluding hydrogens is 420 g/mol. The van der Waals surface area contributed by atoms with E-state index in [2.05, 4.69) is 0 Å². The van der Waals surface area contributed by atoms with Crippen LogP contribution < -0.4 is 9.47 Å². The molecule has 0 heterocycles. The number of hydrogen-bond acceptors (Lipinski definition) is 8. The number of nitrogens with zero attached hydrogens (tertiary/aromatic N) is 2. The van der Waals surface area contributed by atoms with E-state index < -0.39 is 33.6 Å². The fourth-order valence-electron chi connectivity index (χ4n) is 4.77. The Morgan fingerprint density at radius 2 is 0.969 bits per heavy atom. The third kappa shape index (κ3) is 4.29. The first-order chi connectivity index (χ1) is 15.3. The molecule has 166 valence electrons. The predicted octanol–water partition coefficient (Wildman–Crippen LogP) is 4.07. The number of ether oxygens (including phenoxy) is 2. The Kier molecular flexibility index (Phi) is 5.85. The number of non-ortho nitro benzene ring substituents is 2. The van der Waals surface area contributed by atoms with Crippen LogP contribution >= 0.6 is 0 Å². The van der Waals surface area contributed by atoms with E-state index in [0.29, 0.717) is 0 Å². The minimum absolute atomic E-state index is 0.0139. The lowest BCUT2D eigenvalue weighted by molar-refractivity contribution is -0.385. The van der Waals surface area contributed by atoms with E-state index in [1.807, 2.05) is 0 Å². The van der Waals surface area contributed by atoms with E-state index in [9.17, 15) is 29.8 Å². The quantitative estimate of drug-likeness (QED) is 0.283. The van der Waals surface area contributed by atoms with Crippen LogP contribution in [0, 0.1) is 43.9 Å². The van der Waals surface area contributed by atoms with Gasteiger partial charge >= 0.3 is 11.9 Å². The van der Waals surface area contributed by atoms with E-state index in [4.69, 9.17) is 9.47 Å². The van der Waals surface area contributed by atoms with Crippen molar-refractivity contribution in [3.63, 3.8) is 0 Å². The van der Waals surface area contributed by atoms with Crippen molar-refractivity contribution in [1.29, 1.82) is 0 Å². The van der Waals surface area contributed by atoms with Gasteiger partial charge in [-0.15, -0.1) is 0 Å². The molecule has 0 radical (unpaired) electrons. The van der Waals surface area contributed by atoms with Gasteiger partial charge in [0.25, 0.3) is 11.4 Å². The smallest absolute Gasteiger partial charge is 0.315 e. The van der Waals surface area contributed by atoms with Crippen LogP contribution in [-0.4, -0.2) is 21.8 Å². The number of nitro benzene ring substituents is 2. The maximum Gasteiger partial charge on any atom is 0.315 e. The molecule has 0 N–H and O–H groups in total. The first-order valence-corrected chi connectivity index (χ1v) is 10.3. The first kappa shape index (κ1) is 21.4. The molecule has 2 bridgehead atoms. The average molecular weight is 440 g/mol. The molecule has 10 nitrogen and oxygen atoms in total. The maximum absolute atomic E-state index is 13.0. The summed E-state index contributed by atoms with van der Waals surface area (Å²) in [6.45, 7) is 0. The van der Waals surface area contributed by atoms with Crippen molar-refractivity contribution in [2.24, 2.45) is 23.7 Å². The first-order valence-electron chi connectivity index (χ1n) is 10.3. The van der Waals surface area contributed by atoms with Gasteiger partial charge in [0.05, 0.1) is 21.7 Å². The second kappa shape index (κ2) is 8.74. The van der Waals surface area contributed by atoms with Crippen LogP contribution in [0.2, 0.25) is 0 Å². The van der Waals surface area contributed by atoms with Gasteiger partial charge in [0.15, 0.2) is 0 Å². The highest BCUT2D eigenvalue weighted by Crippen LogP contribution is 2.50. The molecule has 5 rings (SSSR count). The van der Waals surface area contributed by atoms with Crippen molar-refractivity contribution in [3.8, 4) is 11.5 Å². The summed E-state index contributed by atoms with van der Waals surface area (Å²) in [5.41, 5.74) is -0.239. The van der Waals surface area contributed by atoms with Gasteiger partial charge in [-0.05, 0) is 61.8 Å². The summed E-state index contributed by atoms with van der Waals surface area (Å²) in [5, 5.41) is 21.6. The van der Waals surface area contributed by atoms with Crippen LogP contribution in [0.5, 0.6) is 11.5 Å². The Morgan fingerprint density at radius 3 is 1.25 bits per heavy atom. The van der Waals surface area contributed by atoms with Gasteiger partial charge < -0.3 is 9.47 Å². The molecule has 3 fully saturated rings. The van der Waals surface area contributed by atoms with E-state index >= 15 is 0 Å². The zero-order valence-corrected chi connectivity index (χ0v) is 16.9. The van der Waals surface area contributed by atoms with Crippen LogP contribution in [0.4, 0.5) is 11.4 Å². The normalized spacial score (nSPS) is 23.9. The minimum atomic E-state index is -0.678. The standard InChI is InChI=1S/C22H20N2O8/c25-21(31-17-9-5-15(6-10-17)23(27)28)19-13-1-2-14(4-3-13)20(19)22(26)32-18-11-7-16(8-12-18)24(29)30/h5-14,19-20H,1-4H2/t13?,14?,19-,20-/m0/s1. The summed E-state index contributed by atoms with van der Waals surface area (Å²) >= 11 is 0. The lowest BCUT2D eigenvalue weighted by Crippen LogP contribution is -2.49. The average Bonchev–Trinajstić information content (AvgIpc) is 2.79. The number of nitro groups is 2. The highest BCUT2D eigenvalue weighted by atomic mass is 16.6. The third-order valence-corrected chi connectivity index (χ3v) is 6.30. The van der Waals surface area contributed by atoms with Crippen molar-refractivity contribution in [3.05, 3.63) is 68.8 Å². The fourth-order valence-corrected chi connectivity index (χ4v) is 4.77. The van der Waals surface area contributed by atoms with Gasteiger partial charge in [-0.1, -0.05) is 0 Å². The van der Waals surface area contributed by atoms with Gasteiger partial charge in [0.1, 0.15) is 11.5 Å². The lowest BCUT2D eigenvalue weighted by atomic mass is 9.58. The molecule has 10 heteroatoms. The highest BCUT2D eigenvalue weighted by Gasteiger charge is 2.52. The van der Waals surface area contributed by atoms with E-state index in [1.165, 1.54) is 48.5 Å². The van der Waals surface area contributed by atoms with E-state index in [-0.39, 0.29) is 34.7 Å². The Balaban J connectivity index is 1.50. The number of benzene rings is 2. The number of rotatable bonds is 6. The summed E-state index contributed by atoms with van der Waals surface area (Å²) in [4.78, 5) is 46.6. The number of fused-ring (bicyclic) bond motifs is 3. The monoisotopic (exact) mass is 440 g/mol. The molecule has 0 spiro atoms. The van der Waals surface area contributed by atoms with Crippen molar-refractivity contribution in [2.75, 3.05) is 0 Å². The highest BCUT2D eigenvalue weighted by molar-refractivity contribution is 5.85. The van der Waals surface area contributed by atoms with Crippen LogP contribution in [0.25, 0.3) is 0 Å². The molecule has 0 aromatic heterocycles. The third-order valence-electron chi connectivity index (χ3n) is 6.30. The molecule has 32 heavy (non-hydrogen) atoms. The Bertz CT molecular complexity index is 957. The molecule has 3 saturated carbocycles. The molecule has 3 aliphatic carbocycles. The van der Waals surface area contributed by atoms with Gasteiger partial charge in [0.2, 0.25) is 0 Å². The summed E-state index contributed by atoms with van der Waals surface area (Å²) in [6.07, 6.45) is 3.25. The molecule has 0 saturated heterocycles. The number of carbonyl (C=O) groups excluding carboxylic acids is 2. The maximum atomic E-state index is 13.0. The molecule has 0 amide bonds.